The lowest BCUT2D eigenvalue weighted by molar-refractivity contribution is -0.391. The van der Waals surface area contributed by atoms with Crippen LogP contribution in [-0.4, -0.2) is 427 Å². The number of carbonyl (C=O) groups excluding carboxylic acids is 4. The molecule has 45 nitrogen and oxygen atoms in total. The number of rotatable bonds is 35. The minimum Gasteiger partial charge on any atom is -0.479 e. The van der Waals surface area contributed by atoms with Gasteiger partial charge in [0.15, 0.2) is 56.1 Å². The first-order valence-corrected chi connectivity index (χ1v) is 48.7. The van der Waals surface area contributed by atoms with E-state index in [-0.39, 0.29) is 50.5 Å². The Bertz CT molecular complexity index is 4120. The highest BCUT2D eigenvalue weighted by molar-refractivity contribution is 5.80. The van der Waals surface area contributed by atoms with Gasteiger partial charge in [0.1, 0.15) is 146 Å². The summed E-state index contributed by atoms with van der Waals surface area (Å²) in [6.45, 7) is 19.7. The topological polar surface area (TPSA) is 697 Å². The molecule has 792 valence electrons. The van der Waals surface area contributed by atoms with E-state index in [1.807, 2.05) is 27.7 Å². The third-order valence-electron chi connectivity index (χ3n) is 33.6. The molecule has 13 aliphatic rings. The quantitative estimate of drug-likeness (QED) is 0.00713. The molecule has 0 amide bonds. The highest BCUT2D eigenvalue weighted by atomic mass is 16.8. The zero-order valence-corrected chi connectivity index (χ0v) is 80.3. The van der Waals surface area contributed by atoms with Crippen LogP contribution in [0.3, 0.4) is 0 Å². The molecular weight excluding hydrogens is 1840 g/mol. The Kier molecular flexibility index (Phi) is 35.2. The number of hydrogen-bond donors (Lipinski definition) is 22. The number of fused-ring (bicyclic) bond motifs is 7. The molecule has 0 aromatic carbocycles. The molecule has 12 fully saturated rings. The summed E-state index contributed by atoms with van der Waals surface area (Å²) in [5.74, 6) is -9.28. The van der Waals surface area contributed by atoms with Crippen molar-refractivity contribution in [3.63, 3.8) is 0 Å². The molecule has 50 atom stereocenters. The van der Waals surface area contributed by atoms with E-state index in [2.05, 4.69) is 26.8 Å². The Labute approximate surface area is 799 Å². The van der Waals surface area contributed by atoms with Crippen LogP contribution in [0, 0.1) is 62.1 Å². The SMILES string of the molecule is CC[C@@H]1OCC(O)(O[C@@H](C[C@H](O)CC(=O)O[C@@H](C[C@H](O)CC(=O)O[C@@H]2C(C)O[C@@H](OC(=O)[C@]34CCC(C)(C)CC3C3=CCC5[C@@]6(C)CC[C@H](O[C@@H]7OC(C(=O)O)[C@@H](O)[C@H](O[C@@H]8OC[C@@H](O)[C@H](O)C8O)C7O[C@@H]7OC(CO)[C@H](O)[C@H](O)C7O)[C@@](C)(C=O)C6CC[C@@]5(C)[C@]3(C)C[C@H]4O)[C@H](O[C@@H]3OC(C)[C@H](O[C@@H]4OCC(O)[C@H](O[C@@H]5OC[C@](O)(CO)C5O)C4O)C(O)[C@@H]3O)C2O)[C@@H](C)CC)[C@@H](C)CC)C1O. The molecule has 0 aromatic heterocycles. The van der Waals surface area contributed by atoms with Crippen LogP contribution in [0.15, 0.2) is 11.6 Å². The van der Waals surface area contributed by atoms with E-state index in [0.717, 1.165) is 11.9 Å². The number of hydrogen-bond acceptors (Lipinski definition) is 44. The predicted octanol–water partition coefficient (Wildman–Crippen LogP) is -4.27. The second-order valence-corrected chi connectivity index (χ2v) is 42.9. The van der Waals surface area contributed by atoms with E-state index in [4.69, 9.17) is 85.3 Å². The van der Waals surface area contributed by atoms with E-state index in [1.165, 1.54) is 13.8 Å². The first kappa shape index (κ1) is 111. The van der Waals surface area contributed by atoms with Crippen molar-refractivity contribution in [3.05, 3.63) is 11.6 Å². The fraction of sp³-hybridized carbons (Fsp3) is 0.925. The van der Waals surface area contributed by atoms with Crippen LogP contribution < -0.4 is 0 Å². The molecule has 4 saturated carbocycles. The summed E-state index contributed by atoms with van der Waals surface area (Å²) >= 11 is 0. The molecule has 17 unspecified atom stereocenters. The minimum atomic E-state index is -2.26. The molecule has 5 aliphatic carbocycles. The van der Waals surface area contributed by atoms with Crippen LogP contribution in [0.25, 0.3) is 0 Å². The number of aliphatic hydroxyl groups is 21. The lowest BCUT2D eigenvalue weighted by atomic mass is 9.33. The van der Waals surface area contributed by atoms with Crippen LogP contribution in [-0.2, 0) is 109 Å². The van der Waals surface area contributed by atoms with Crippen LogP contribution in [0.4, 0.5) is 0 Å². The number of allylic oxidation sites excluding steroid dienone is 2. The van der Waals surface area contributed by atoms with E-state index < -0.39 is 365 Å². The van der Waals surface area contributed by atoms with Crippen molar-refractivity contribution in [3.8, 4) is 0 Å². The molecule has 0 spiro atoms. The number of aliphatic carboxylic acids is 1. The molecule has 45 heteroatoms. The number of aliphatic hydroxyl groups excluding tert-OH is 19. The average Bonchev–Trinajstić information content (AvgIpc) is 0.829. The van der Waals surface area contributed by atoms with Gasteiger partial charge in [-0.2, -0.15) is 0 Å². The van der Waals surface area contributed by atoms with E-state index in [0.29, 0.717) is 57.8 Å². The summed E-state index contributed by atoms with van der Waals surface area (Å²) in [6, 6.07) is 0. The number of esters is 3. The van der Waals surface area contributed by atoms with Crippen molar-refractivity contribution >= 4 is 30.2 Å². The van der Waals surface area contributed by atoms with Crippen molar-refractivity contribution in [1.29, 1.82) is 0 Å². The van der Waals surface area contributed by atoms with Gasteiger partial charge in [0.2, 0.25) is 12.1 Å². The Hall–Kier alpha value is -4.15. The third-order valence-corrected chi connectivity index (χ3v) is 33.6. The zero-order chi connectivity index (χ0) is 101. The largest absolute Gasteiger partial charge is 0.479 e. The van der Waals surface area contributed by atoms with Gasteiger partial charge in [-0.1, -0.05) is 101 Å². The van der Waals surface area contributed by atoms with Crippen LogP contribution in [0.5, 0.6) is 0 Å². The zero-order valence-electron chi connectivity index (χ0n) is 80.3. The highest BCUT2D eigenvalue weighted by Gasteiger charge is 2.74. The smallest absolute Gasteiger partial charge is 0.335 e. The molecule has 8 saturated heterocycles. The number of carbonyl (C=O) groups is 5. The maximum absolute atomic E-state index is 16.4. The number of carboxylic acid groups (broad SMARTS) is 1. The Morgan fingerprint density at radius 1 is 0.522 bits per heavy atom. The van der Waals surface area contributed by atoms with Gasteiger partial charge >= 0.3 is 23.9 Å². The van der Waals surface area contributed by atoms with Crippen molar-refractivity contribution in [1.82, 2.24) is 0 Å². The molecule has 138 heavy (non-hydrogen) atoms. The molecule has 13 rings (SSSR count). The maximum Gasteiger partial charge on any atom is 0.335 e. The van der Waals surface area contributed by atoms with E-state index in [1.54, 1.807) is 27.7 Å². The first-order valence-electron chi connectivity index (χ1n) is 48.7. The van der Waals surface area contributed by atoms with Crippen molar-refractivity contribution in [2.24, 2.45) is 62.1 Å². The Balaban J connectivity index is 0.749. The molecule has 0 bridgehead atoms. The summed E-state index contributed by atoms with van der Waals surface area (Å²) in [7, 11) is 0. The molecule has 8 heterocycles. The van der Waals surface area contributed by atoms with Gasteiger partial charge in [0.25, 0.3) is 0 Å². The van der Waals surface area contributed by atoms with E-state index in [9.17, 15) is 132 Å². The maximum atomic E-state index is 16.4. The van der Waals surface area contributed by atoms with Crippen molar-refractivity contribution in [2.75, 3.05) is 39.6 Å². The third kappa shape index (κ3) is 21.3. The summed E-state index contributed by atoms with van der Waals surface area (Å²) in [5.41, 5.74) is -7.67. The Morgan fingerprint density at radius 2 is 1.11 bits per heavy atom. The summed E-state index contributed by atoms with van der Waals surface area (Å²) in [5, 5.41) is 248. The molecule has 0 aromatic rings. The van der Waals surface area contributed by atoms with Gasteiger partial charge in [0.05, 0.1) is 100 Å². The Morgan fingerprint density at radius 3 is 1.74 bits per heavy atom. The fourth-order valence-corrected chi connectivity index (χ4v) is 24.4. The van der Waals surface area contributed by atoms with Crippen LogP contribution in [0.2, 0.25) is 0 Å². The lowest BCUT2D eigenvalue weighted by Gasteiger charge is -2.71. The minimum absolute atomic E-state index is 0.0175. The first-order chi connectivity index (χ1) is 64.7. The van der Waals surface area contributed by atoms with Crippen LogP contribution in [0.1, 0.15) is 193 Å². The van der Waals surface area contributed by atoms with Crippen molar-refractivity contribution in [2.45, 2.75) is 437 Å². The number of aldehydes is 1. The van der Waals surface area contributed by atoms with E-state index >= 15 is 4.79 Å². The second-order valence-electron chi connectivity index (χ2n) is 42.9. The fourth-order valence-electron chi connectivity index (χ4n) is 24.4. The molecule has 0 radical (unpaired) electrons. The number of carboxylic acids is 1. The van der Waals surface area contributed by atoms with Gasteiger partial charge < -0.3 is 202 Å². The predicted molar refractivity (Wildman–Crippen MR) is 461 cm³/mol. The highest BCUT2D eigenvalue weighted by Crippen LogP contribution is 2.76. The summed E-state index contributed by atoms with van der Waals surface area (Å²) < 4.78 is 108. The second kappa shape index (κ2) is 43.7. The molecular formula is C93H150O45. The lowest BCUT2D eigenvalue weighted by Crippen LogP contribution is -2.69. The summed E-state index contributed by atoms with van der Waals surface area (Å²) in [4.78, 5) is 72.1. The standard InChI is InChI=1S/C93H150O45/c1-14-38(4)49(127-56(102)27-43(98)26-50(39(5)15-2)138-93(120)37-123-48(16-3)75(93)114)25-42(97)28-57(103)130-69-41(7)126-82(73(65(69)111)135-80-64(110)61(107)68(40(6)125-80)131-79-67(113)70(47(100)33-122-79)132-84-76(115)91(119,35-96)36-124-84)137-85(118)92-24-23-86(8,9)29-45(92)44-17-18-53-87(10)21-20-55(88(11,34-95)52(87)19-22-89(53,12)90(44,13)30-54(92)101)129-83-74(136-81-63(109)60(106)59(105)51(31-94)128-81)71(66(112)72(134-83)77(116)117)133-78-62(108)58(104)46(99)32-121-78/h17,34,38-43,45-55,58-76,78-84,94,96-101,104-115,119-120H,14-16,18-33,35-37H2,1-13H3,(H,116,117)/t38-,39-,40?,41?,42-,43-,45?,46+,47?,48-,49-,50-,51?,52?,53?,54+,55-,58-,59-,60-,61?,62?,63?,64-,65?,66-,67?,68-,69+,70-,71-,72?,73+,74?,75?,76?,78-,79-,80-,81-,82-,83+,84-,87-,88-,89+,90+,91+,92+,93?/m0/s1. The van der Waals surface area contributed by atoms with Gasteiger partial charge in [-0.3, -0.25) is 14.4 Å². The van der Waals surface area contributed by atoms with Crippen molar-refractivity contribution < 1.29 is 222 Å². The summed E-state index contributed by atoms with van der Waals surface area (Å²) in [6.07, 6.45) is -62.5. The van der Waals surface area contributed by atoms with Gasteiger partial charge in [-0.05, 0) is 129 Å². The number of ether oxygens (including phenoxy) is 18. The van der Waals surface area contributed by atoms with Gasteiger partial charge in [0, 0.05) is 12.8 Å². The van der Waals surface area contributed by atoms with Gasteiger partial charge in [-0.25, -0.2) is 4.79 Å². The monoisotopic (exact) mass is 1990 g/mol. The normalized spacial score (nSPS) is 48.7. The van der Waals surface area contributed by atoms with Crippen LogP contribution >= 0.6 is 0 Å². The molecule has 22 N–H and O–H groups in total. The average molecular weight is 1990 g/mol. The molecule has 8 aliphatic heterocycles. The van der Waals surface area contributed by atoms with Gasteiger partial charge in [-0.15, -0.1) is 0 Å².